The van der Waals surface area contributed by atoms with Crippen molar-refractivity contribution in [3.8, 4) is 0 Å². The van der Waals surface area contributed by atoms with Crippen molar-refractivity contribution in [2.24, 2.45) is 0 Å². The smallest absolute Gasteiger partial charge is 0.245 e. The summed E-state index contributed by atoms with van der Waals surface area (Å²) >= 11 is 1.48. The molecule has 0 radical (unpaired) electrons. The van der Waals surface area contributed by atoms with Gasteiger partial charge in [0.25, 0.3) is 0 Å². The maximum atomic E-state index is 10.2. The molecule has 64 valence electrons. The molecule has 1 rings (SSSR count). The Labute approximate surface area is 73.7 Å². The van der Waals surface area contributed by atoms with Crippen LogP contribution in [0.25, 0.3) is 6.08 Å². The maximum absolute atomic E-state index is 10.2. The summed E-state index contributed by atoms with van der Waals surface area (Å²) in [5.74, 6) is 0. The van der Waals surface area contributed by atoms with E-state index in [0.29, 0.717) is 5.69 Å². The molecule has 0 aliphatic rings. The van der Waals surface area contributed by atoms with E-state index in [1.165, 1.54) is 24.3 Å². The van der Waals surface area contributed by atoms with Gasteiger partial charge in [-0.3, -0.25) is 10.1 Å². The molecule has 0 fully saturated rings. The van der Waals surface area contributed by atoms with Crippen LogP contribution < -0.4 is 0 Å². The van der Waals surface area contributed by atoms with Gasteiger partial charge in [-0.15, -0.1) is 11.3 Å². The van der Waals surface area contributed by atoms with Gasteiger partial charge in [-0.1, -0.05) is 0 Å². The minimum atomic E-state index is -0.422. The molecule has 4 nitrogen and oxygen atoms in total. The van der Waals surface area contributed by atoms with Crippen LogP contribution in [0.5, 0.6) is 0 Å². The summed E-state index contributed by atoms with van der Waals surface area (Å²) in [5.41, 5.74) is 0.770. The van der Waals surface area contributed by atoms with Crippen molar-refractivity contribution in [1.82, 2.24) is 4.98 Å². The molecule has 0 saturated heterocycles. The Morgan fingerprint density at radius 1 is 1.83 bits per heavy atom. The Morgan fingerprint density at radius 2 is 2.50 bits per heavy atom. The maximum Gasteiger partial charge on any atom is 0.245 e. The van der Waals surface area contributed by atoms with Crippen LogP contribution in [0.3, 0.4) is 0 Å². The Balaban J connectivity index is 2.87. The van der Waals surface area contributed by atoms with Gasteiger partial charge in [-0.05, 0) is 6.92 Å². The lowest BCUT2D eigenvalue weighted by Crippen LogP contribution is -1.92. The number of hydrogen-bond donors (Lipinski definition) is 0. The van der Waals surface area contributed by atoms with Crippen molar-refractivity contribution < 1.29 is 4.92 Å². The second kappa shape index (κ2) is 3.44. The lowest BCUT2D eigenvalue weighted by atomic mass is 10.4. The molecule has 1 heterocycles. The molecular weight excluding hydrogens is 176 g/mol. The fourth-order valence-corrected chi connectivity index (χ4v) is 1.28. The topological polar surface area (TPSA) is 56.0 Å². The van der Waals surface area contributed by atoms with E-state index in [4.69, 9.17) is 0 Å². The zero-order chi connectivity index (χ0) is 9.14. The predicted octanol–water partition coefficient (Wildman–Crippen LogP) is 2.09. The average molecular weight is 184 g/mol. The van der Waals surface area contributed by atoms with Crippen LogP contribution in [0, 0.1) is 17.0 Å². The van der Waals surface area contributed by atoms with Crippen molar-refractivity contribution in [2.75, 3.05) is 0 Å². The molecule has 0 aliphatic carbocycles. The standard InChI is InChI=1S/C7H8N2O2S/c1-5(9(10)11)3-7-4-12-6(2)8-7/h3-4H,1-2H3. The van der Waals surface area contributed by atoms with Gasteiger partial charge in [-0.25, -0.2) is 4.98 Å². The molecule has 0 amide bonds. The molecule has 0 aromatic carbocycles. The van der Waals surface area contributed by atoms with Crippen molar-refractivity contribution in [3.63, 3.8) is 0 Å². The zero-order valence-electron chi connectivity index (χ0n) is 6.77. The highest BCUT2D eigenvalue weighted by Gasteiger charge is 2.03. The number of hydrogen-bond acceptors (Lipinski definition) is 4. The fourth-order valence-electron chi connectivity index (χ4n) is 0.713. The fraction of sp³-hybridized carbons (Fsp3) is 0.286. The number of allylic oxidation sites excluding steroid dienone is 1. The number of rotatable bonds is 2. The van der Waals surface area contributed by atoms with Crippen LogP contribution in [0.1, 0.15) is 17.6 Å². The van der Waals surface area contributed by atoms with E-state index in [1.54, 1.807) is 5.38 Å². The third kappa shape index (κ3) is 2.13. The Hall–Kier alpha value is -1.23. The van der Waals surface area contributed by atoms with E-state index in [2.05, 4.69) is 4.98 Å². The molecule has 0 aliphatic heterocycles. The van der Waals surface area contributed by atoms with Crippen molar-refractivity contribution in [1.29, 1.82) is 0 Å². The lowest BCUT2D eigenvalue weighted by molar-refractivity contribution is -0.422. The summed E-state index contributed by atoms with van der Waals surface area (Å²) in [6.45, 7) is 3.32. The molecular formula is C7H8N2O2S. The van der Waals surface area contributed by atoms with Crippen LogP contribution in [-0.2, 0) is 0 Å². The molecule has 0 unspecified atom stereocenters. The normalized spacial score (nSPS) is 11.7. The second-order valence-corrected chi connectivity index (χ2v) is 3.40. The lowest BCUT2D eigenvalue weighted by Gasteiger charge is -1.86. The molecule has 0 spiro atoms. The van der Waals surface area contributed by atoms with Gasteiger partial charge >= 0.3 is 0 Å². The molecule has 0 N–H and O–H groups in total. The molecule has 0 bridgehead atoms. The first-order valence-corrected chi connectivity index (χ1v) is 4.22. The zero-order valence-corrected chi connectivity index (χ0v) is 7.59. The van der Waals surface area contributed by atoms with Crippen LogP contribution in [0.15, 0.2) is 11.1 Å². The van der Waals surface area contributed by atoms with Crippen molar-refractivity contribution >= 4 is 17.4 Å². The Morgan fingerprint density at radius 3 is 2.92 bits per heavy atom. The van der Waals surface area contributed by atoms with Gasteiger partial charge in [0.05, 0.1) is 15.6 Å². The SMILES string of the molecule is CC(=Cc1csc(C)n1)[N+](=O)[O-]. The van der Waals surface area contributed by atoms with E-state index in [0.717, 1.165) is 5.01 Å². The first-order valence-electron chi connectivity index (χ1n) is 3.34. The van der Waals surface area contributed by atoms with Crippen LogP contribution >= 0.6 is 11.3 Å². The minimum Gasteiger partial charge on any atom is -0.259 e. The first kappa shape index (κ1) is 8.86. The van der Waals surface area contributed by atoms with Gasteiger partial charge in [0, 0.05) is 18.4 Å². The molecule has 0 atom stereocenters. The average Bonchev–Trinajstić information content (AvgIpc) is 2.35. The molecule has 12 heavy (non-hydrogen) atoms. The second-order valence-electron chi connectivity index (χ2n) is 2.33. The number of nitrogens with zero attached hydrogens (tertiary/aromatic N) is 2. The minimum absolute atomic E-state index is 0.111. The summed E-state index contributed by atoms with van der Waals surface area (Å²) in [4.78, 5) is 13.9. The van der Waals surface area contributed by atoms with E-state index < -0.39 is 4.92 Å². The molecule has 0 saturated carbocycles. The predicted molar refractivity (Wildman–Crippen MR) is 47.5 cm³/mol. The first-order chi connectivity index (χ1) is 5.59. The van der Waals surface area contributed by atoms with Crippen LogP contribution in [-0.4, -0.2) is 9.91 Å². The van der Waals surface area contributed by atoms with E-state index >= 15 is 0 Å². The van der Waals surface area contributed by atoms with Gasteiger partial charge in [0.15, 0.2) is 0 Å². The summed E-state index contributed by atoms with van der Waals surface area (Å²) < 4.78 is 0. The largest absolute Gasteiger partial charge is 0.259 e. The summed E-state index contributed by atoms with van der Waals surface area (Å²) in [7, 11) is 0. The number of aryl methyl sites for hydroxylation is 1. The highest BCUT2D eigenvalue weighted by Crippen LogP contribution is 2.11. The van der Waals surface area contributed by atoms with Gasteiger partial charge in [0.2, 0.25) is 5.70 Å². The highest BCUT2D eigenvalue weighted by atomic mass is 32.1. The molecule has 1 aromatic heterocycles. The Bertz CT molecular complexity index is 330. The van der Waals surface area contributed by atoms with Gasteiger partial charge in [-0.2, -0.15) is 0 Å². The summed E-state index contributed by atoms with van der Waals surface area (Å²) in [6, 6.07) is 0. The van der Waals surface area contributed by atoms with Crippen molar-refractivity contribution in [2.45, 2.75) is 13.8 Å². The van der Waals surface area contributed by atoms with E-state index in [9.17, 15) is 10.1 Å². The summed E-state index contributed by atoms with van der Waals surface area (Å²) in [6.07, 6.45) is 1.46. The molecule has 5 heteroatoms. The number of thiazole rings is 1. The third-order valence-corrected chi connectivity index (χ3v) is 2.07. The third-order valence-electron chi connectivity index (χ3n) is 1.28. The summed E-state index contributed by atoms with van der Waals surface area (Å²) in [5, 5.41) is 12.9. The number of aromatic nitrogens is 1. The van der Waals surface area contributed by atoms with E-state index in [-0.39, 0.29) is 5.70 Å². The van der Waals surface area contributed by atoms with Crippen LogP contribution in [0.2, 0.25) is 0 Å². The van der Waals surface area contributed by atoms with Gasteiger partial charge < -0.3 is 0 Å². The van der Waals surface area contributed by atoms with Crippen LogP contribution in [0.4, 0.5) is 0 Å². The quantitative estimate of drug-likeness (QED) is 0.522. The number of nitro groups is 1. The molecule has 1 aromatic rings. The monoisotopic (exact) mass is 184 g/mol. The van der Waals surface area contributed by atoms with Gasteiger partial charge in [0.1, 0.15) is 0 Å². The van der Waals surface area contributed by atoms with Crippen molar-refractivity contribution in [3.05, 3.63) is 31.9 Å². The van der Waals surface area contributed by atoms with E-state index in [1.807, 2.05) is 6.92 Å². The highest BCUT2D eigenvalue weighted by molar-refractivity contribution is 7.09. The Kier molecular flexibility index (Phi) is 2.54.